The molecule has 0 spiro atoms. The number of amides is 1. The number of ether oxygens (including phenoxy) is 1. The number of hydrogen-bond donors (Lipinski definition) is 2. The summed E-state index contributed by atoms with van der Waals surface area (Å²) in [6.45, 7) is 5.03. The Balaban J connectivity index is 2.49. The van der Waals surface area contributed by atoms with Crippen molar-refractivity contribution in [2.45, 2.75) is 32.4 Å². The molecular formula is C15H22Cl2N2O2. The smallest absolute Gasteiger partial charge is 0.236 e. The van der Waals surface area contributed by atoms with Crippen molar-refractivity contribution < 1.29 is 9.53 Å². The lowest BCUT2D eigenvalue weighted by atomic mass is 10.1. The zero-order valence-electron chi connectivity index (χ0n) is 12.6. The van der Waals surface area contributed by atoms with E-state index in [2.05, 4.69) is 10.6 Å². The SMILES string of the molecule is COCCCNC(=O)C(C)NC(C)c1ccc(Cl)cc1Cl. The van der Waals surface area contributed by atoms with Crippen molar-refractivity contribution in [1.29, 1.82) is 0 Å². The molecule has 1 rings (SSSR count). The molecule has 0 aliphatic carbocycles. The lowest BCUT2D eigenvalue weighted by Gasteiger charge is -2.21. The topological polar surface area (TPSA) is 50.4 Å². The average molecular weight is 333 g/mol. The van der Waals surface area contributed by atoms with E-state index in [1.165, 1.54) is 0 Å². The van der Waals surface area contributed by atoms with E-state index in [4.69, 9.17) is 27.9 Å². The largest absolute Gasteiger partial charge is 0.385 e. The molecule has 0 aliphatic rings. The summed E-state index contributed by atoms with van der Waals surface area (Å²) >= 11 is 12.0. The van der Waals surface area contributed by atoms with Crippen molar-refractivity contribution in [3.8, 4) is 0 Å². The fraction of sp³-hybridized carbons (Fsp3) is 0.533. The van der Waals surface area contributed by atoms with E-state index in [0.29, 0.717) is 23.2 Å². The summed E-state index contributed by atoms with van der Waals surface area (Å²) in [6.07, 6.45) is 0.799. The van der Waals surface area contributed by atoms with E-state index in [0.717, 1.165) is 12.0 Å². The second-order valence-electron chi connectivity index (χ2n) is 4.91. The van der Waals surface area contributed by atoms with Gasteiger partial charge in [-0.1, -0.05) is 29.3 Å². The second-order valence-corrected chi connectivity index (χ2v) is 5.76. The third kappa shape index (κ3) is 6.22. The van der Waals surface area contributed by atoms with Crippen LogP contribution in [-0.2, 0) is 9.53 Å². The molecule has 2 atom stereocenters. The number of benzene rings is 1. The van der Waals surface area contributed by atoms with Crippen LogP contribution >= 0.6 is 23.2 Å². The molecule has 2 unspecified atom stereocenters. The number of rotatable bonds is 8. The molecule has 1 amide bonds. The Hall–Kier alpha value is -0.810. The first-order chi connectivity index (χ1) is 9.95. The van der Waals surface area contributed by atoms with Gasteiger partial charge in [-0.25, -0.2) is 0 Å². The Morgan fingerprint density at radius 1 is 1.33 bits per heavy atom. The summed E-state index contributed by atoms with van der Waals surface area (Å²) in [6, 6.07) is 5.00. The molecule has 21 heavy (non-hydrogen) atoms. The van der Waals surface area contributed by atoms with Crippen LogP contribution in [0.25, 0.3) is 0 Å². The van der Waals surface area contributed by atoms with Gasteiger partial charge < -0.3 is 10.1 Å². The first kappa shape index (κ1) is 18.2. The predicted octanol–water partition coefficient (Wildman–Crippen LogP) is 3.19. The molecule has 0 aliphatic heterocycles. The van der Waals surface area contributed by atoms with Crippen molar-refractivity contribution >= 4 is 29.1 Å². The van der Waals surface area contributed by atoms with Crippen LogP contribution in [0, 0.1) is 0 Å². The molecule has 118 valence electrons. The fourth-order valence-corrected chi connectivity index (χ4v) is 2.55. The molecule has 0 fully saturated rings. The molecule has 0 saturated carbocycles. The van der Waals surface area contributed by atoms with Crippen LogP contribution in [0.5, 0.6) is 0 Å². The fourth-order valence-electron chi connectivity index (χ4n) is 1.97. The first-order valence-corrected chi connectivity index (χ1v) is 7.69. The molecule has 0 radical (unpaired) electrons. The van der Waals surface area contributed by atoms with Gasteiger partial charge in [-0.3, -0.25) is 10.1 Å². The summed E-state index contributed by atoms with van der Waals surface area (Å²) in [5.74, 6) is -0.0389. The van der Waals surface area contributed by atoms with Gasteiger partial charge in [0, 0.05) is 36.3 Å². The van der Waals surface area contributed by atoms with Crippen LogP contribution in [0.15, 0.2) is 18.2 Å². The van der Waals surface area contributed by atoms with Crippen molar-refractivity contribution in [2.24, 2.45) is 0 Å². The lowest BCUT2D eigenvalue weighted by Crippen LogP contribution is -2.43. The van der Waals surface area contributed by atoms with Crippen LogP contribution in [0.3, 0.4) is 0 Å². The lowest BCUT2D eigenvalue weighted by molar-refractivity contribution is -0.122. The maximum atomic E-state index is 11.9. The highest BCUT2D eigenvalue weighted by molar-refractivity contribution is 6.35. The minimum absolute atomic E-state index is 0.0389. The Kier molecular flexibility index (Phi) is 8.04. The predicted molar refractivity (Wildman–Crippen MR) is 87.0 cm³/mol. The highest BCUT2D eigenvalue weighted by atomic mass is 35.5. The van der Waals surface area contributed by atoms with Crippen molar-refractivity contribution in [2.75, 3.05) is 20.3 Å². The van der Waals surface area contributed by atoms with Gasteiger partial charge in [0.2, 0.25) is 5.91 Å². The zero-order valence-corrected chi connectivity index (χ0v) is 14.1. The van der Waals surface area contributed by atoms with Gasteiger partial charge >= 0.3 is 0 Å². The highest BCUT2D eigenvalue weighted by Crippen LogP contribution is 2.26. The molecule has 6 heteroatoms. The molecule has 0 aromatic heterocycles. The van der Waals surface area contributed by atoms with E-state index in [1.54, 1.807) is 19.2 Å². The molecule has 1 aromatic rings. The zero-order chi connectivity index (χ0) is 15.8. The Bertz CT molecular complexity index is 469. The maximum absolute atomic E-state index is 11.9. The van der Waals surface area contributed by atoms with Crippen LogP contribution < -0.4 is 10.6 Å². The molecular weight excluding hydrogens is 311 g/mol. The summed E-state index contributed by atoms with van der Waals surface area (Å²) < 4.78 is 4.94. The molecule has 0 bridgehead atoms. The van der Waals surface area contributed by atoms with Crippen molar-refractivity contribution in [3.05, 3.63) is 33.8 Å². The standard InChI is InChI=1S/C15H22Cl2N2O2/c1-10(13-6-5-12(16)9-14(13)17)19-11(2)15(20)18-7-4-8-21-3/h5-6,9-11,19H,4,7-8H2,1-3H3,(H,18,20). The third-order valence-electron chi connectivity index (χ3n) is 3.15. The number of methoxy groups -OCH3 is 1. The van der Waals surface area contributed by atoms with Gasteiger partial charge in [-0.15, -0.1) is 0 Å². The monoisotopic (exact) mass is 332 g/mol. The molecule has 4 nitrogen and oxygen atoms in total. The summed E-state index contributed by atoms with van der Waals surface area (Å²) in [5.41, 5.74) is 0.917. The van der Waals surface area contributed by atoms with Crippen LogP contribution in [0.1, 0.15) is 31.9 Å². The van der Waals surface area contributed by atoms with Gasteiger partial charge in [-0.05, 0) is 38.0 Å². The molecule has 1 aromatic carbocycles. The van der Waals surface area contributed by atoms with Gasteiger partial charge in [0.1, 0.15) is 0 Å². The number of nitrogens with one attached hydrogen (secondary N) is 2. The van der Waals surface area contributed by atoms with Gasteiger partial charge in [0.25, 0.3) is 0 Å². The Morgan fingerprint density at radius 3 is 2.67 bits per heavy atom. The van der Waals surface area contributed by atoms with E-state index in [9.17, 15) is 4.79 Å². The molecule has 0 saturated heterocycles. The van der Waals surface area contributed by atoms with E-state index >= 15 is 0 Å². The Morgan fingerprint density at radius 2 is 2.05 bits per heavy atom. The van der Waals surface area contributed by atoms with Crippen LogP contribution in [0.2, 0.25) is 10.0 Å². The first-order valence-electron chi connectivity index (χ1n) is 6.93. The Labute approximate surface area is 136 Å². The summed E-state index contributed by atoms with van der Waals surface area (Å²) in [5, 5.41) is 7.28. The van der Waals surface area contributed by atoms with E-state index < -0.39 is 0 Å². The minimum atomic E-state index is -0.311. The van der Waals surface area contributed by atoms with Crippen molar-refractivity contribution in [1.82, 2.24) is 10.6 Å². The van der Waals surface area contributed by atoms with Gasteiger partial charge in [-0.2, -0.15) is 0 Å². The van der Waals surface area contributed by atoms with E-state index in [-0.39, 0.29) is 18.0 Å². The highest BCUT2D eigenvalue weighted by Gasteiger charge is 2.17. The van der Waals surface area contributed by atoms with Crippen LogP contribution in [-0.4, -0.2) is 32.2 Å². The molecule has 2 N–H and O–H groups in total. The van der Waals surface area contributed by atoms with Gasteiger partial charge in [0.05, 0.1) is 6.04 Å². The number of halogens is 2. The second kappa shape index (κ2) is 9.26. The van der Waals surface area contributed by atoms with Crippen LogP contribution in [0.4, 0.5) is 0 Å². The number of carbonyl (C=O) groups is 1. The number of hydrogen-bond acceptors (Lipinski definition) is 3. The summed E-state index contributed by atoms with van der Waals surface area (Å²) in [4.78, 5) is 11.9. The maximum Gasteiger partial charge on any atom is 0.236 e. The quantitative estimate of drug-likeness (QED) is 0.719. The van der Waals surface area contributed by atoms with E-state index in [1.807, 2.05) is 19.9 Å². The van der Waals surface area contributed by atoms with Crippen molar-refractivity contribution in [3.63, 3.8) is 0 Å². The number of carbonyl (C=O) groups excluding carboxylic acids is 1. The normalized spacial score (nSPS) is 13.8. The third-order valence-corrected chi connectivity index (χ3v) is 3.71. The molecule has 0 heterocycles. The minimum Gasteiger partial charge on any atom is -0.385 e. The summed E-state index contributed by atoms with van der Waals surface area (Å²) in [7, 11) is 1.64. The average Bonchev–Trinajstić information content (AvgIpc) is 2.43. The van der Waals surface area contributed by atoms with Gasteiger partial charge in [0.15, 0.2) is 0 Å².